The van der Waals surface area contributed by atoms with Gasteiger partial charge in [0.15, 0.2) is 0 Å². The summed E-state index contributed by atoms with van der Waals surface area (Å²) in [6.45, 7) is 0. The summed E-state index contributed by atoms with van der Waals surface area (Å²) >= 11 is 5.99. The van der Waals surface area contributed by atoms with Crippen LogP contribution in [0.2, 0.25) is 5.02 Å². The normalized spacial score (nSPS) is 10.4. The van der Waals surface area contributed by atoms with E-state index < -0.39 is 0 Å². The Morgan fingerprint density at radius 3 is 2.79 bits per heavy atom. The average molecular weight is 209 g/mol. The molecule has 0 saturated heterocycles. The third kappa shape index (κ3) is 1.56. The zero-order valence-electron chi connectivity index (χ0n) is 7.61. The van der Waals surface area contributed by atoms with Gasteiger partial charge in [-0.05, 0) is 6.07 Å². The fourth-order valence-corrected chi connectivity index (χ4v) is 1.49. The smallest absolute Gasteiger partial charge is 0.0921 e. The standard InChI is InChI=1S/C9H9ClN4/c1-14-5-6(3-13-14)9-8(10)2-7(11)4-12-9/h2-5H,11H2,1H3. The molecule has 0 fully saturated rings. The first kappa shape index (κ1) is 9.02. The van der Waals surface area contributed by atoms with E-state index in [1.807, 2.05) is 13.2 Å². The molecule has 2 rings (SSSR count). The number of rotatable bonds is 1. The summed E-state index contributed by atoms with van der Waals surface area (Å²) < 4.78 is 1.70. The highest BCUT2D eigenvalue weighted by Crippen LogP contribution is 2.26. The summed E-state index contributed by atoms with van der Waals surface area (Å²) in [6.07, 6.45) is 5.14. The molecule has 0 aromatic carbocycles. The number of hydrogen-bond acceptors (Lipinski definition) is 3. The minimum Gasteiger partial charge on any atom is -0.397 e. The molecular formula is C9H9ClN4. The Bertz CT molecular complexity index is 464. The molecule has 0 saturated carbocycles. The zero-order valence-corrected chi connectivity index (χ0v) is 8.36. The minimum absolute atomic E-state index is 0.540. The number of hydrogen-bond donors (Lipinski definition) is 1. The summed E-state index contributed by atoms with van der Waals surface area (Å²) in [4.78, 5) is 4.15. The van der Waals surface area contributed by atoms with Gasteiger partial charge in [0.25, 0.3) is 0 Å². The van der Waals surface area contributed by atoms with Crippen LogP contribution in [0, 0.1) is 0 Å². The van der Waals surface area contributed by atoms with Gasteiger partial charge in [-0.1, -0.05) is 11.6 Å². The highest BCUT2D eigenvalue weighted by Gasteiger charge is 2.06. The lowest BCUT2D eigenvalue weighted by Crippen LogP contribution is -1.89. The van der Waals surface area contributed by atoms with Crippen molar-refractivity contribution in [2.45, 2.75) is 0 Å². The van der Waals surface area contributed by atoms with Crippen molar-refractivity contribution in [3.05, 3.63) is 29.7 Å². The van der Waals surface area contributed by atoms with Gasteiger partial charge in [0.1, 0.15) is 0 Å². The highest BCUT2D eigenvalue weighted by atomic mass is 35.5. The Hall–Kier alpha value is -1.55. The van der Waals surface area contributed by atoms with Crippen molar-refractivity contribution < 1.29 is 0 Å². The molecule has 0 aliphatic heterocycles. The first-order chi connectivity index (χ1) is 6.66. The predicted octanol–water partition coefficient (Wildman–Crippen LogP) is 1.72. The fraction of sp³-hybridized carbons (Fsp3) is 0.111. The minimum atomic E-state index is 0.540. The molecule has 0 unspecified atom stereocenters. The molecule has 0 aliphatic rings. The second-order valence-electron chi connectivity index (χ2n) is 3.00. The van der Waals surface area contributed by atoms with Crippen LogP contribution >= 0.6 is 11.6 Å². The van der Waals surface area contributed by atoms with Gasteiger partial charge >= 0.3 is 0 Å². The van der Waals surface area contributed by atoms with Gasteiger partial charge < -0.3 is 5.73 Å². The van der Waals surface area contributed by atoms with Gasteiger partial charge in [0.2, 0.25) is 0 Å². The summed E-state index contributed by atoms with van der Waals surface area (Å²) in [7, 11) is 1.84. The van der Waals surface area contributed by atoms with Crippen molar-refractivity contribution in [1.29, 1.82) is 0 Å². The number of aromatic nitrogens is 3. The molecule has 0 bridgehead atoms. The number of nitrogen functional groups attached to an aromatic ring is 1. The quantitative estimate of drug-likeness (QED) is 0.777. The molecule has 4 nitrogen and oxygen atoms in total. The van der Waals surface area contributed by atoms with Crippen molar-refractivity contribution in [2.24, 2.45) is 7.05 Å². The molecule has 14 heavy (non-hydrogen) atoms. The fourth-order valence-electron chi connectivity index (χ4n) is 1.21. The van der Waals surface area contributed by atoms with Crippen molar-refractivity contribution in [2.75, 3.05) is 5.73 Å². The number of halogens is 1. The van der Waals surface area contributed by atoms with E-state index in [4.69, 9.17) is 17.3 Å². The Morgan fingerprint density at radius 2 is 2.21 bits per heavy atom. The molecule has 2 aromatic rings. The summed E-state index contributed by atoms with van der Waals surface area (Å²) in [5.74, 6) is 0. The number of nitrogens with zero attached hydrogens (tertiary/aromatic N) is 3. The summed E-state index contributed by atoms with van der Waals surface area (Å²) in [5, 5.41) is 4.58. The molecule has 0 amide bonds. The van der Waals surface area contributed by atoms with E-state index in [0.717, 1.165) is 5.56 Å². The van der Waals surface area contributed by atoms with Crippen molar-refractivity contribution in [1.82, 2.24) is 14.8 Å². The molecule has 0 radical (unpaired) electrons. The third-order valence-corrected chi connectivity index (χ3v) is 2.13. The Labute approximate surface area is 86.3 Å². The number of nitrogens with two attached hydrogens (primary N) is 1. The van der Waals surface area contributed by atoms with Crippen LogP contribution in [0.15, 0.2) is 24.7 Å². The van der Waals surface area contributed by atoms with Crippen LogP contribution in [-0.2, 0) is 7.05 Å². The monoisotopic (exact) mass is 208 g/mol. The molecule has 5 heteroatoms. The second kappa shape index (κ2) is 3.31. The van der Waals surface area contributed by atoms with E-state index in [1.165, 1.54) is 0 Å². The topological polar surface area (TPSA) is 56.7 Å². The van der Waals surface area contributed by atoms with Crippen molar-refractivity contribution >= 4 is 17.3 Å². The molecule has 2 heterocycles. The van der Waals surface area contributed by atoms with E-state index >= 15 is 0 Å². The van der Waals surface area contributed by atoms with Gasteiger partial charge in [-0.3, -0.25) is 9.67 Å². The number of aryl methyl sites for hydroxylation is 1. The van der Waals surface area contributed by atoms with Crippen LogP contribution in [0.25, 0.3) is 11.3 Å². The van der Waals surface area contributed by atoms with Crippen molar-refractivity contribution in [3.8, 4) is 11.3 Å². The number of anilines is 1. The SMILES string of the molecule is Cn1cc(-c2ncc(N)cc2Cl)cn1. The molecule has 72 valence electrons. The molecule has 2 N–H and O–H groups in total. The van der Waals surface area contributed by atoms with Crippen LogP contribution < -0.4 is 5.73 Å². The van der Waals surface area contributed by atoms with Crippen LogP contribution in [0.3, 0.4) is 0 Å². The van der Waals surface area contributed by atoms with Gasteiger partial charge in [0.05, 0.1) is 28.8 Å². The lowest BCUT2D eigenvalue weighted by atomic mass is 10.2. The zero-order chi connectivity index (χ0) is 10.1. The average Bonchev–Trinajstić information content (AvgIpc) is 2.51. The largest absolute Gasteiger partial charge is 0.397 e. The van der Waals surface area contributed by atoms with Gasteiger partial charge in [-0.25, -0.2) is 0 Å². The molecule has 0 spiro atoms. The number of pyridine rings is 1. The molecule has 0 aliphatic carbocycles. The first-order valence-electron chi connectivity index (χ1n) is 4.07. The molecule has 2 aromatic heterocycles. The Kier molecular flexibility index (Phi) is 2.13. The van der Waals surface area contributed by atoms with E-state index in [9.17, 15) is 0 Å². The van der Waals surface area contributed by atoms with E-state index in [0.29, 0.717) is 16.4 Å². The Balaban J connectivity index is 2.52. The lowest BCUT2D eigenvalue weighted by Gasteiger charge is -2.00. The van der Waals surface area contributed by atoms with Gasteiger partial charge in [-0.2, -0.15) is 5.10 Å². The van der Waals surface area contributed by atoms with Gasteiger partial charge in [0, 0.05) is 18.8 Å². The lowest BCUT2D eigenvalue weighted by molar-refractivity contribution is 0.768. The molecular weight excluding hydrogens is 200 g/mol. The van der Waals surface area contributed by atoms with Crippen molar-refractivity contribution in [3.63, 3.8) is 0 Å². The van der Waals surface area contributed by atoms with Crippen LogP contribution in [-0.4, -0.2) is 14.8 Å². The van der Waals surface area contributed by atoms with E-state index in [2.05, 4.69) is 10.1 Å². The maximum Gasteiger partial charge on any atom is 0.0921 e. The van der Waals surface area contributed by atoms with Crippen LogP contribution in [0.4, 0.5) is 5.69 Å². The van der Waals surface area contributed by atoms with Crippen LogP contribution in [0.5, 0.6) is 0 Å². The Morgan fingerprint density at radius 1 is 1.43 bits per heavy atom. The molecule has 0 atom stereocenters. The second-order valence-corrected chi connectivity index (χ2v) is 3.41. The maximum absolute atomic E-state index is 5.99. The van der Waals surface area contributed by atoms with Crippen LogP contribution in [0.1, 0.15) is 0 Å². The summed E-state index contributed by atoms with van der Waals surface area (Å²) in [5.41, 5.74) is 7.69. The van der Waals surface area contributed by atoms with E-state index in [1.54, 1.807) is 23.1 Å². The first-order valence-corrected chi connectivity index (χ1v) is 4.44. The third-order valence-electron chi connectivity index (χ3n) is 1.84. The maximum atomic E-state index is 5.99. The predicted molar refractivity (Wildman–Crippen MR) is 55.9 cm³/mol. The van der Waals surface area contributed by atoms with E-state index in [-0.39, 0.29) is 0 Å². The summed E-state index contributed by atoms with van der Waals surface area (Å²) in [6, 6.07) is 1.68. The highest BCUT2D eigenvalue weighted by molar-refractivity contribution is 6.33. The van der Waals surface area contributed by atoms with Gasteiger partial charge in [-0.15, -0.1) is 0 Å².